The third-order valence-electron chi connectivity index (χ3n) is 4.02. The monoisotopic (exact) mass is 295 g/mol. The summed E-state index contributed by atoms with van der Waals surface area (Å²) in [6, 6.07) is 0. The van der Waals surface area contributed by atoms with Crippen molar-refractivity contribution < 1.29 is 23.9 Å². The fourth-order valence-electron chi connectivity index (χ4n) is 2.83. The Bertz CT molecular complexity index is 488. The van der Waals surface area contributed by atoms with Crippen molar-refractivity contribution in [1.29, 1.82) is 0 Å². The first-order valence-electron chi connectivity index (χ1n) is 7.05. The number of carbonyl (C=O) groups excluding carboxylic acids is 3. The van der Waals surface area contributed by atoms with Gasteiger partial charge in [0.25, 0.3) is 0 Å². The van der Waals surface area contributed by atoms with Crippen molar-refractivity contribution in [2.45, 2.75) is 20.3 Å². The van der Waals surface area contributed by atoms with E-state index in [9.17, 15) is 14.4 Å². The second-order valence-electron chi connectivity index (χ2n) is 6.10. The van der Waals surface area contributed by atoms with Crippen LogP contribution < -0.4 is 0 Å². The van der Waals surface area contributed by atoms with E-state index in [1.165, 1.54) is 7.11 Å². The highest BCUT2D eigenvalue weighted by molar-refractivity contribution is 6.27. The van der Waals surface area contributed by atoms with Gasteiger partial charge >= 0.3 is 5.97 Å². The van der Waals surface area contributed by atoms with Crippen LogP contribution in [-0.2, 0) is 23.9 Å². The number of nitrogens with zero attached hydrogens (tertiary/aromatic N) is 1. The van der Waals surface area contributed by atoms with Gasteiger partial charge < -0.3 is 14.4 Å². The Morgan fingerprint density at radius 2 is 1.95 bits per heavy atom. The predicted molar refractivity (Wildman–Crippen MR) is 74.4 cm³/mol. The van der Waals surface area contributed by atoms with Gasteiger partial charge in [-0.1, -0.05) is 13.8 Å². The van der Waals surface area contributed by atoms with Gasteiger partial charge in [0, 0.05) is 25.7 Å². The molecule has 0 N–H and O–H groups in total. The topological polar surface area (TPSA) is 72.9 Å². The molecular formula is C15H21NO5. The van der Waals surface area contributed by atoms with Crippen molar-refractivity contribution >= 4 is 17.5 Å². The Labute approximate surface area is 124 Å². The zero-order chi connectivity index (χ0) is 15.6. The smallest absolute Gasteiger partial charge is 0.317 e. The summed E-state index contributed by atoms with van der Waals surface area (Å²) < 4.78 is 9.97. The van der Waals surface area contributed by atoms with Gasteiger partial charge in [0.05, 0.1) is 25.9 Å². The standard InChI is InChI=1S/C15H21NO5/c1-15(2)8-11(17)10(9-16-4-6-21-7-5-16)13(18)12(15)14(19)20-3/h9,12H,4-8H2,1-3H3/t12-/m0/s1. The molecule has 1 aliphatic heterocycles. The maximum Gasteiger partial charge on any atom is 0.317 e. The van der Waals surface area contributed by atoms with Gasteiger partial charge in [-0.2, -0.15) is 0 Å². The Balaban J connectivity index is 2.29. The highest BCUT2D eigenvalue weighted by Crippen LogP contribution is 2.39. The third-order valence-corrected chi connectivity index (χ3v) is 4.02. The number of Topliss-reactive ketones (excluding diaryl/α,β-unsaturated/α-hetero) is 2. The molecule has 0 bridgehead atoms. The van der Waals surface area contributed by atoms with Gasteiger partial charge in [-0.25, -0.2) is 0 Å². The van der Waals surface area contributed by atoms with E-state index >= 15 is 0 Å². The Morgan fingerprint density at radius 3 is 2.52 bits per heavy atom. The number of hydrogen-bond donors (Lipinski definition) is 0. The first kappa shape index (κ1) is 15.7. The molecule has 6 heteroatoms. The molecule has 2 aliphatic rings. The van der Waals surface area contributed by atoms with Crippen LogP contribution in [-0.4, -0.2) is 55.8 Å². The lowest BCUT2D eigenvalue weighted by molar-refractivity contribution is -0.155. The van der Waals surface area contributed by atoms with Crippen LogP contribution in [0.2, 0.25) is 0 Å². The van der Waals surface area contributed by atoms with Crippen LogP contribution in [0.15, 0.2) is 11.8 Å². The highest BCUT2D eigenvalue weighted by atomic mass is 16.5. The molecule has 0 aromatic carbocycles. The van der Waals surface area contributed by atoms with Crippen molar-refractivity contribution in [2.24, 2.45) is 11.3 Å². The molecule has 0 amide bonds. The van der Waals surface area contributed by atoms with E-state index in [0.717, 1.165) is 0 Å². The number of ketones is 2. The third kappa shape index (κ3) is 3.15. The molecule has 2 fully saturated rings. The van der Waals surface area contributed by atoms with Crippen molar-refractivity contribution in [3.63, 3.8) is 0 Å². The van der Waals surface area contributed by atoms with Gasteiger partial charge in [0.1, 0.15) is 5.92 Å². The summed E-state index contributed by atoms with van der Waals surface area (Å²) in [5.74, 6) is -2.15. The van der Waals surface area contributed by atoms with Crippen LogP contribution in [0.5, 0.6) is 0 Å². The van der Waals surface area contributed by atoms with Crippen LogP contribution in [0.3, 0.4) is 0 Å². The molecule has 6 nitrogen and oxygen atoms in total. The maximum absolute atomic E-state index is 12.6. The average Bonchev–Trinajstić information content (AvgIpc) is 2.43. The molecule has 1 atom stereocenters. The molecule has 0 aromatic rings. The van der Waals surface area contributed by atoms with Crippen molar-refractivity contribution in [3.8, 4) is 0 Å². The number of morpholine rings is 1. The van der Waals surface area contributed by atoms with Crippen LogP contribution in [0.1, 0.15) is 20.3 Å². The summed E-state index contributed by atoms with van der Waals surface area (Å²) in [5.41, 5.74) is -0.615. The molecular weight excluding hydrogens is 274 g/mol. The summed E-state index contributed by atoms with van der Waals surface area (Å²) in [6.45, 7) is 5.90. The van der Waals surface area contributed by atoms with Crippen LogP contribution in [0.25, 0.3) is 0 Å². The average molecular weight is 295 g/mol. The molecule has 1 saturated carbocycles. The fraction of sp³-hybridized carbons (Fsp3) is 0.667. The van der Waals surface area contributed by atoms with Crippen molar-refractivity contribution in [3.05, 3.63) is 11.8 Å². The van der Waals surface area contributed by atoms with Crippen molar-refractivity contribution in [2.75, 3.05) is 33.4 Å². The number of esters is 1. The summed E-state index contributed by atoms with van der Waals surface area (Å²) in [6.07, 6.45) is 1.74. The molecule has 0 aromatic heterocycles. The second-order valence-corrected chi connectivity index (χ2v) is 6.10. The van der Waals surface area contributed by atoms with E-state index in [-0.39, 0.29) is 17.8 Å². The number of rotatable bonds is 2. The second kappa shape index (κ2) is 5.97. The molecule has 1 heterocycles. The molecule has 21 heavy (non-hydrogen) atoms. The van der Waals surface area contributed by atoms with Gasteiger partial charge in [0.15, 0.2) is 11.6 Å². The first-order chi connectivity index (χ1) is 9.86. The van der Waals surface area contributed by atoms with E-state index < -0.39 is 23.1 Å². The van der Waals surface area contributed by atoms with E-state index in [1.807, 2.05) is 4.90 Å². The van der Waals surface area contributed by atoms with Gasteiger partial charge in [-0.3, -0.25) is 14.4 Å². The number of carbonyl (C=O) groups is 3. The van der Waals surface area contributed by atoms with E-state index in [2.05, 4.69) is 0 Å². The summed E-state index contributed by atoms with van der Waals surface area (Å²) in [4.78, 5) is 38.6. The Hall–Kier alpha value is -1.69. The summed E-state index contributed by atoms with van der Waals surface area (Å²) >= 11 is 0. The molecule has 0 unspecified atom stereocenters. The normalized spacial score (nSPS) is 27.9. The lowest BCUT2D eigenvalue weighted by Gasteiger charge is -2.36. The Morgan fingerprint density at radius 1 is 1.33 bits per heavy atom. The minimum absolute atomic E-state index is 0.103. The van der Waals surface area contributed by atoms with E-state index in [1.54, 1.807) is 20.0 Å². The zero-order valence-corrected chi connectivity index (χ0v) is 12.7. The summed E-state index contributed by atoms with van der Waals surface area (Å²) in [7, 11) is 1.26. The fourth-order valence-corrected chi connectivity index (χ4v) is 2.83. The first-order valence-corrected chi connectivity index (χ1v) is 7.05. The lowest BCUT2D eigenvalue weighted by atomic mass is 9.66. The number of ether oxygens (including phenoxy) is 2. The lowest BCUT2D eigenvalue weighted by Crippen LogP contribution is -2.46. The Kier molecular flexibility index (Phi) is 4.46. The maximum atomic E-state index is 12.6. The van der Waals surface area contributed by atoms with Crippen LogP contribution >= 0.6 is 0 Å². The molecule has 116 valence electrons. The van der Waals surface area contributed by atoms with E-state index in [4.69, 9.17) is 9.47 Å². The molecule has 0 radical (unpaired) electrons. The number of allylic oxidation sites excluding steroid dienone is 1. The predicted octanol–water partition coefficient (Wildman–Crippen LogP) is 0.560. The molecule has 1 saturated heterocycles. The van der Waals surface area contributed by atoms with Gasteiger partial charge in [-0.15, -0.1) is 0 Å². The number of hydrogen-bond acceptors (Lipinski definition) is 6. The van der Waals surface area contributed by atoms with Crippen LogP contribution in [0.4, 0.5) is 0 Å². The summed E-state index contributed by atoms with van der Waals surface area (Å²) in [5, 5.41) is 0. The SMILES string of the molecule is COC(=O)[C@@H]1C(=O)C(=CN2CCOCC2)C(=O)CC1(C)C. The number of methoxy groups -OCH3 is 1. The minimum atomic E-state index is -0.924. The van der Waals surface area contributed by atoms with Crippen molar-refractivity contribution in [1.82, 2.24) is 4.90 Å². The quantitative estimate of drug-likeness (QED) is 0.321. The largest absolute Gasteiger partial charge is 0.468 e. The van der Waals surface area contributed by atoms with Gasteiger partial charge in [-0.05, 0) is 5.41 Å². The van der Waals surface area contributed by atoms with Gasteiger partial charge in [0.2, 0.25) is 0 Å². The highest BCUT2D eigenvalue weighted by Gasteiger charge is 2.49. The molecule has 2 rings (SSSR count). The zero-order valence-electron chi connectivity index (χ0n) is 12.7. The molecule has 0 spiro atoms. The van der Waals surface area contributed by atoms with Crippen LogP contribution in [0, 0.1) is 11.3 Å². The molecule has 1 aliphatic carbocycles. The minimum Gasteiger partial charge on any atom is -0.468 e. The van der Waals surface area contributed by atoms with E-state index in [0.29, 0.717) is 26.3 Å².